The van der Waals surface area contributed by atoms with Crippen LogP contribution in [0.4, 0.5) is 0 Å². The van der Waals surface area contributed by atoms with Gasteiger partial charge in [0.05, 0.1) is 22.9 Å². The van der Waals surface area contributed by atoms with Crippen molar-refractivity contribution in [3.63, 3.8) is 0 Å². The van der Waals surface area contributed by atoms with Crippen LogP contribution < -0.4 is 0 Å². The van der Waals surface area contributed by atoms with E-state index in [9.17, 15) is 0 Å². The van der Waals surface area contributed by atoms with Crippen LogP contribution in [0.2, 0.25) is 0 Å². The minimum atomic E-state index is -0.118. The SMILES string of the molecule is CCCCC1OC(CCCC)(CCCC)C(CCCC)(CCCC)OC1(CCCC)CCCC. The molecule has 2 nitrogen and oxygen atoms in total. The smallest absolute Gasteiger partial charge is 0.0979 e. The van der Waals surface area contributed by atoms with Crippen LogP contribution in [0.1, 0.15) is 183 Å². The maximum atomic E-state index is 7.86. The van der Waals surface area contributed by atoms with Crippen LogP contribution in [0.3, 0.4) is 0 Å². The molecule has 1 fully saturated rings. The first-order valence-electron chi connectivity index (χ1n) is 15.9. The Morgan fingerprint density at radius 1 is 0.441 bits per heavy atom. The third kappa shape index (κ3) is 8.50. The zero-order valence-electron chi connectivity index (χ0n) is 24.7. The van der Waals surface area contributed by atoms with Gasteiger partial charge in [-0.05, 0) is 44.9 Å². The van der Waals surface area contributed by atoms with Crippen LogP contribution in [0.15, 0.2) is 0 Å². The van der Waals surface area contributed by atoms with Crippen LogP contribution in [-0.2, 0) is 9.47 Å². The molecule has 1 atom stereocenters. The molecule has 0 N–H and O–H groups in total. The molecule has 0 saturated carbocycles. The molecule has 0 radical (unpaired) electrons. The first-order valence-corrected chi connectivity index (χ1v) is 15.9. The summed E-state index contributed by atoms with van der Waals surface area (Å²) in [5.74, 6) is 0. The minimum Gasteiger partial charge on any atom is -0.366 e. The van der Waals surface area contributed by atoms with Crippen LogP contribution in [0, 0.1) is 0 Å². The van der Waals surface area contributed by atoms with Crippen molar-refractivity contribution in [1.82, 2.24) is 0 Å². The Morgan fingerprint density at radius 2 is 0.794 bits per heavy atom. The molecule has 1 unspecified atom stereocenters. The number of rotatable bonds is 21. The number of hydrogen-bond acceptors (Lipinski definition) is 2. The Kier molecular flexibility index (Phi) is 16.3. The summed E-state index contributed by atoms with van der Waals surface area (Å²) >= 11 is 0. The summed E-state index contributed by atoms with van der Waals surface area (Å²) in [7, 11) is 0. The van der Waals surface area contributed by atoms with E-state index in [2.05, 4.69) is 48.5 Å². The fraction of sp³-hybridized carbons (Fsp3) is 1.00. The molecular weight excluding hydrogens is 416 g/mol. The van der Waals surface area contributed by atoms with Crippen LogP contribution >= 0.6 is 0 Å². The molecule has 0 aromatic rings. The molecule has 1 heterocycles. The topological polar surface area (TPSA) is 18.5 Å². The zero-order chi connectivity index (χ0) is 25.3. The summed E-state index contributed by atoms with van der Waals surface area (Å²) in [4.78, 5) is 0. The summed E-state index contributed by atoms with van der Waals surface area (Å²) in [5, 5.41) is 0. The van der Waals surface area contributed by atoms with Crippen molar-refractivity contribution in [3.05, 3.63) is 0 Å². The largest absolute Gasteiger partial charge is 0.366 e. The van der Waals surface area contributed by atoms with Crippen molar-refractivity contribution in [3.8, 4) is 0 Å². The molecule has 204 valence electrons. The molecule has 0 aromatic carbocycles. The fourth-order valence-corrected chi connectivity index (χ4v) is 6.48. The van der Waals surface area contributed by atoms with Crippen LogP contribution in [-0.4, -0.2) is 22.9 Å². The van der Waals surface area contributed by atoms with Gasteiger partial charge in [-0.15, -0.1) is 0 Å². The van der Waals surface area contributed by atoms with E-state index < -0.39 is 0 Å². The standard InChI is InChI=1S/C32H64O2/c1-8-15-22-29-30(23-16-9-2,24-17-10-3)34-32(27-20-13-6,28-21-14-7)31(33-29,25-18-11-4)26-19-12-5/h29H,8-28H2,1-7H3. The summed E-state index contributed by atoms with van der Waals surface area (Å²) in [5.41, 5.74) is -0.318. The number of hydrogen-bond donors (Lipinski definition) is 0. The minimum absolute atomic E-state index is 0.0927. The maximum Gasteiger partial charge on any atom is 0.0979 e. The lowest BCUT2D eigenvalue weighted by molar-refractivity contribution is -0.367. The summed E-state index contributed by atoms with van der Waals surface area (Å²) in [6.45, 7) is 16.4. The second kappa shape index (κ2) is 17.4. The van der Waals surface area contributed by atoms with Gasteiger partial charge in [0.25, 0.3) is 0 Å². The van der Waals surface area contributed by atoms with Gasteiger partial charge in [-0.2, -0.15) is 0 Å². The first-order chi connectivity index (χ1) is 16.5. The normalized spacial score (nSPS) is 21.1. The van der Waals surface area contributed by atoms with E-state index in [0.29, 0.717) is 0 Å². The molecular formula is C32H64O2. The molecule has 0 amide bonds. The average molecular weight is 481 g/mol. The highest BCUT2D eigenvalue weighted by Crippen LogP contribution is 2.55. The number of ether oxygens (including phenoxy) is 2. The third-order valence-corrected chi connectivity index (χ3v) is 8.65. The van der Waals surface area contributed by atoms with Gasteiger partial charge in [-0.25, -0.2) is 0 Å². The highest BCUT2D eigenvalue weighted by atomic mass is 16.6. The van der Waals surface area contributed by atoms with Gasteiger partial charge in [0, 0.05) is 0 Å². The van der Waals surface area contributed by atoms with Gasteiger partial charge < -0.3 is 9.47 Å². The molecule has 1 rings (SSSR count). The Labute approximate surface area is 215 Å². The Bertz CT molecular complexity index is 461. The predicted octanol–water partition coefficient (Wildman–Crippen LogP) is 10.9. The van der Waals surface area contributed by atoms with E-state index in [1.165, 1.54) is 135 Å². The lowest BCUT2D eigenvalue weighted by Gasteiger charge is -2.63. The Hall–Kier alpha value is -0.0800. The van der Waals surface area contributed by atoms with E-state index in [0.717, 1.165) is 0 Å². The third-order valence-electron chi connectivity index (χ3n) is 8.65. The average Bonchev–Trinajstić information content (AvgIpc) is 2.86. The van der Waals surface area contributed by atoms with Crippen molar-refractivity contribution >= 4 is 0 Å². The second-order valence-corrected chi connectivity index (χ2v) is 11.5. The molecule has 1 aliphatic rings. The van der Waals surface area contributed by atoms with Crippen LogP contribution in [0.5, 0.6) is 0 Å². The van der Waals surface area contributed by atoms with Crippen molar-refractivity contribution in [1.29, 1.82) is 0 Å². The van der Waals surface area contributed by atoms with Gasteiger partial charge >= 0.3 is 0 Å². The number of unbranched alkanes of at least 4 members (excludes halogenated alkanes) is 7. The van der Waals surface area contributed by atoms with Gasteiger partial charge in [0.15, 0.2) is 0 Å². The molecule has 1 saturated heterocycles. The van der Waals surface area contributed by atoms with E-state index >= 15 is 0 Å². The maximum absolute atomic E-state index is 7.86. The Balaban J connectivity index is 3.66. The molecule has 0 aromatic heterocycles. The molecule has 1 aliphatic heterocycles. The van der Waals surface area contributed by atoms with Gasteiger partial charge in [-0.3, -0.25) is 0 Å². The summed E-state index contributed by atoms with van der Waals surface area (Å²) < 4.78 is 15.5. The predicted molar refractivity (Wildman–Crippen MR) is 151 cm³/mol. The zero-order valence-corrected chi connectivity index (χ0v) is 24.7. The van der Waals surface area contributed by atoms with Crippen molar-refractivity contribution < 1.29 is 9.47 Å². The van der Waals surface area contributed by atoms with E-state index in [1.807, 2.05) is 0 Å². The van der Waals surface area contributed by atoms with E-state index in [1.54, 1.807) is 0 Å². The summed E-state index contributed by atoms with van der Waals surface area (Å²) in [6.07, 6.45) is 26.0. The second-order valence-electron chi connectivity index (χ2n) is 11.5. The quantitative estimate of drug-likeness (QED) is 0.163. The summed E-state index contributed by atoms with van der Waals surface area (Å²) in [6, 6.07) is 0. The van der Waals surface area contributed by atoms with E-state index in [-0.39, 0.29) is 22.9 Å². The molecule has 0 bridgehead atoms. The fourth-order valence-electron chi connectivity index (χ4n) is 6.48. The van der Waals surface area contributed by atoms with Crippen molar-refractivity contribution in [2.24, 2.45) is 0 Å². The van der Waals surface area contributed by atoms with Gasteiger partial charge in [0.2, 0.25) is 0 Å². The lowest BCUT2D eigenvalue weighted by atomic mass is 9.67. The molecule has 2 heteroatoms. The molecule has 0 aliphatic carbocycles. The van der Waals surface area contributed by atoms with Gasteiger partial charge in [0.1, 0.15) is 0 Å². The highest BCUT2D eigenvalue weighted by molar-refractivity contribution is 5.10. The van der Waals surface area contributed by atoms with Crippen LogP contribution in [0.25, 0.3) is 0 Å². The Morgan fingerprint density at radius 3 is 1.18 bits per heavy atom. The highest BCUT2D eigenvalue weighted by Gasteiger charge is 2.62. The van der Waals surface area contributed by atoms with Crippen molar-refractivity contribution in [2.75, 3.05) is 0 Å². The monoisotopic (exact) mass is 480 g/mol. The van der Waals surface area contributed by atoms with Gasteiger partial charge in [-0.1, -0.05) is 138 Å². The first kappa shape index (κ1) is 31.9. The van der Waals surface area contributed by atoms with Crippen molar-refractivity contribution in [2.45, 2.75) is 206 Å². The molecule has 0 spiro atoms. The van der Waals surface area contributed by atoms with E-state index in [4.69, 9.17) is 9.47 Å². The lowest BCUT2D eigenvalue weighted by Crippen LogP contribution is -2.70. The molecule has 34 heavy (non-hydrogen) atoms.